The first-order valence-electron chi connectivity index (χ1n) is 9.31. The number of benzene rings is 2. The second-order valence-corrected chi connectivity index (χ2v) is 7.66. The first-order chi connectivity index (χ1) is 14.1. The van der Waals surface area contributed by atoms with E-state index >= 15 is 0 Å². The highest BCUT2D eigenvalue weighted by molar-refractivity contribution is 9.10. The quantitative estimate of drug-likeness (QED) is 0.608. The van der Waals surface area contributed by atoms with Gasteiger partial charge in [0.1, 0.15) is 0 Å². The average Bonchev–Trinajstić information content (AvgIpc) is 3.22. The number of carbonyl (C=O) groups excluding carboxylic acids is 1. The van der Waals surface area contributed by atoms with Crippen LogP contribution < -0.4 is 14.8 Å². The van der Waals surface area contributed by atoms with E-state index in [9.17, 15) is 4.79 Å². The number of nitrogens with one attached hydrogen (secondary N) is 1. The van der Waals surface area contributed by atoms with Crippen LogP contribution in [0.4, 0.5) is 10.5 Å². The molecular formula is C22H22BrN3O3. The summed E-state index contributed by atoms with van der Waals surface area (Å²) in [6.07, 6.45) is 2.06. The van der Waals surface area contributed by atoms with Crippen LogP contribution in [-0.4, -0.2) is 36.3 Å². The molecule has 0 bridgehead atoms. The van der Waals surface area contributed by atoms with E-state index in [4.69, 9.17) is 9.47 Å². The molecule has 0 radical (unpaired) electrons. The summed E-state index contributed by atoms with van der Waals surface area (Å²) >= 11 is 3.49. The van der Waals surface area contributed by atoms with Gasteiger partial charge in [-0.05, 0) is 42.0 Å². The Morgan fingerprint density at radius 1 is 1.03 bits per heavy atom. The third kappa shape index (κ3) is 3.70. The van der Waals surface area contributed by atoms with Crippen molar-refractivity contribution in [2.45, 2.75) is 12.6 Å². The van der Waals surface area contributed by atoms with E-state index in [1.165, 1.54) is 0 Å². The topological polar surface area (TPSA) is 55.7 Å². The average molecular weight is 456 g/mol. The number of urea groups is 1. The van der Waals surface area contributed by atoms with E-state index < -0.39 is 0 Å². The molecule has 0 spiro atoms. The fourth-order valence-electron chi connectivity index (χ4n) is 3.77. The van der Waals surface area contributed by atoms with Crippen molar-refractivity contribution in [2.24, 2.45) is 0 Å². The normalized spacial score (nSPS) is 15.6. The zero-order chi connectivity index (χ0) is 20.4. The Labute approximate surface area is 178 Å². The molecule has 1 aliphatic heterocycles. The highest BCUT2D eigenvalue weighted by Gasteiger charge is 2.32. The van der Waals surface area contributed by atoms with Gasteiger partial charge in [0.05, 0.1) is 25.9 Å². The van der Waals surface area contributed by atoms with Crippen molar-refractivity contribution in [3.8, 4) is 11.5 Å². The molecule has 0 fully saturated rings. The highest BCUT2D eigenvalue weighted by atomic mass is 79.9. The summed E-state index contributed by atoms with van der Waals surface area (Å²) in [5.74, 6) is 1.08. The van der Waals surface area contributed by atoms with E-state index in [2.05, 4.69) is 38.1 Å². The summed E-state index contributed by atoms with van der Waals surface area (Å²) in [5.41, 5.74) is 2.72. The molecule has 2 heterocycles. The Kier molecular flexibility index (Phi) is 5.49. The van der Waals surface area contributed by atoms with Gasteiger partial charge in [0.25, 0.3) is 0 Å². The minimum absolute atomic E-state index is 0.177. The van der Waals surface area contributed by atoms with Gasteiger partial charge >= 0.3 is 6.03 Å². The molecule has 29 heavy (non-hydrogen) atoms. The van der Waals surface area contributed by atoms with Crippen LogP contribution >= 0.6 is 15.9 Å². The number of rotatable bonds is 4. The van der Waals surface area contributed by atoms with Crippen LogP contribution in [0.2, 0.25) is 0 Å². The third-order valence-electron chi connectivity index (χ3n) is 5.13. The van der Waals surface area contributed by atoms with E-state index in [1.807, 2.05) is 41.3 Å². The van der Waals surface area contributed by atoms with Crippen molar-refractivity contribution in [3.63, 3.8) is 0 Å². The maximum atomic E-state index is 13.3. The molecule has 1 atom stereocenters. The molecule has 6 nitrogen and oxygen atoms in total. The van der Waals surface area contributed by atoms with Gasteiger partial charge in [-0.3, -0.25) is 0 Å². The fraction of sp³-hybridized carbons (Fsp3) is 0.227. The zero-order valence-electron chi connectivity index (χ0n) is 16.3. The van der Waals surface area contributed by atoms with Crippen molar-refractivity contribution in [3.05, 3.63) is 76.5 Å². The largest absolute Gasteiger partial charge is 0.493 e. The number of aromatic nitrogens is 1. The smallest absolute Gasteiger partial charge is 0.322 e. The monoisotopic (exact) mass is 455 g/mol. The molecule has 150 valence electrons. The fourth-order valence-corrected chi connectivity index (χ4v) is 4.03. The van der Waals surface area contributed by atoms with Crippen molar-refractivity contribution in [1.82, 2.24) is 9.47 Å². The van der Waals surface area contributed by atoms with Crippen molar-refractivity contribution in [2.75, 3.05) is 26.1 Å². The molecular weight excluding hydrogens is 434 g/mol. The van der Waals surface area contributed by atoms with Crippen molar-refractivity contribution in [1.29, 1.82) is 0 Å². The predicted octanol–water partition coefficient (Wildman–Crippen LogP) is 4.90. The molecule has 0 saturated heterocycles. The first kappa shape index (κ1) is 19.4. The number of hydrogen-bond acceptors (Lipinski definition) is 3. The van der Waals surface area contributed by atoms with E-state index in [1.54, 1.807) is 26.4 Å². The molecule has 1 unspecified atom stereocenters. The second kappa shape index (κ2) is 8.21. The Morgan fingerprint density at radius 2 is 1.83 bits per heavy atom. The van der Waals surface area contributed by atoms with Gasteiger partial charge < -0.3 is 24.3 Å². The van der Waals surface area contributed by atoms with Crippen LogP contribution in [0, 0.1) is 0 Å². The Bertz CT molecular complexity index is 1020. The summed E-state index contributed by atoms with van der Waals surface area (Å²) in [6, 6.07) is 17.2. The standard InChI is InChI=1S/C22H22BrN3O3/c1-28-19-7-3-5-17(21(19)29-2)24-22(27)26-14-13-25-12-4-6-18(25)20(26)15-8-10-16(23)11-9-15/h3-12,20H,13-14H2,1-2H3,(H,24,27). The summed E-state index contributed by atoms with van der Waals surface area (Å²) in [6.45, 7) is 1.35. The number of nitrogens with zero attached hydrogens (tertiary/aromatic N) is 2. The minimum Gasteiger partial charge on any atom is -0.493 e. The lowest BCUT2D eigenvalue weighted by Crippen LogP contribution is -2.44. The van der Waals surface area contributed by atoms with Gasteiger partial charge in [0, 0.05) is 29.5 Å². The third-order valence-corrected chi connectivity index (χ3v) is 5.66. The van der Waals surface area contributed by atoms with E-state index in [0.29, 0.717) is 23.7 Å². The van der Waals surface area contributed by atoms with Crippen LogP contribution in [0.3, 0.4) is 0 Å². The predicted molar refractivity (Wildman–Crippen MR) is 116 cm³/mol. The summed E-state index contributed by atoms with van der Waals surface area (Å²) < 4.78 is 14.0. The molecule has 2 aromatic carbocycles. The highest BCUT2D eigenvalue weighted by Crippen LogP contribution is 2.37. The van der Waals surface area contributed by atoms with Crippen LogP contribution in [0.25, 0.3) is 0 Å². The summed E-state index contributed by atoms with van der Waals surface area (Å²) in [5, 5.41) is 3.00. The number of ether oxygens (including phenoxy) is 2. The number of halogens is 1. The molecule has 4 rings (SSSR count). The molecule has 7 heteroatoms. The SMILES string of the molecule is COc1cccc(NC(=O)N2CCn3cccc3C2c2ccc(Br)cc2)c1OC. The lowest BCUT2D eigenvalue weighted by molar-refractivity contribution is 0.181. The van der Waals surface area contributed by atoms with Gasteiger partial charge in [-0.15, -0.1) is 0 Å². The number of carbonyl (C=O) groups is 1. The number of methoxy groups -OCH3 is 2. The van der Waals surface area contributed by atoms with Gasteiger partial charge in [0.15, 0.2) is 11.5 Å². The van der Waals surface area contributed by atoms with E-state index in [-0.39, 0.29) is 12.1 Å². The van der Waals surface area contributed by atoms with Crippen LogP contribution in [0.15, 0.2) is 65.3 Å². The lowest BCUT2D eigenvalue weighted by Gasteiger charge is -2.37. The molecule has 1 aromatic heterocycles. The molecule has 3 aromatic rings. The number of hydrogen-bond donors (Lipinski definition) is 1. The van der Waals surface area contributed by atoms with Crippen molar-refractivity contribution < 1.29 is 14.3 Å². The number of fused-ring (bicyclic) bond motifs is 1. The molecule has 1 N–H and O–H groups in total. The maximum Gasteiger partial charge on any atom is 0.322 e. The lowest BCUT2D eigenvalue weighted by atomic mass is 10.0. The van der Waals surface area contributed by atoms with Gasteiger partial charge in [0.2, 0.25) is 0 Å². The van der Waals surface area contributed by atoms with E-state index in [0.717, 1.165) is 22.3 Å². The zero-order valence-corrected chi connectivity index (χ0v) is 17.8. The first-order valence-corrected chi connectivity index (χ1v) is 10.1. The minimum atomic E-state index is -0.183. The number of anilines is 1. The Balaban J connectivity index is 1.68. The number of para-hydroxylation sites is 1. The molecule has 0 aliphatic carbocycles. The maximum absolute atomic E-state index is 13.3. The van der Waals surface area contributed by atoms with Crippen LogP contribution in [0.1, 0.15) is 17.3 Å². The van der Waals surface area contributed by atoms with Gasteiger partial charge in [-0.1, -0.05) is 34.1 Å². The Morgan fingerprint density at radius 3 is 2.55 bits per heavy atom. The van der Waals surface area contributed by atoms with Gasteiger partial charge in [-0.2, -0.15) is 0 Å². The van der Waals surface area contributed by atoms with Gasteiger partial charge in [-0.25, -0.2) is 4.79 Å². The van der Waals surface area contributed by atoms with Crippen molar-refractivity contribution >= 4 is 27.6 Å². The summed E-state index contributed by atoms with van der Waals surface area (Å²) in [4.78, 5) is 15.2. The molecule has 1 aliphatic rings. The Hall–Kier alpha value is -2.93. The second-order valence-electron chi connectivity index (χ2n) is 6.75. The summed E-state index contributed by atoms with van der Waals surface area (Å²) in [7, 11) is 3.14. The van der Waals surface area contributed by atoms with Crippen LogP contribution in [0.5, 0.6) is 11.5 Å². The van der Waals surface area contributed by atoms with Crippen LogP contribution in [-0.2, 0) is 6.54 Å². The molecule has 0 saturated carbocycles. The number of amides is 2. The molecule has 2 amide bonds.